The highest BCUT2D eigenvalue weighted by Gasteiger charge is 2.27. The maximum atomic E-state index is 11.4. The van der Waals surface area contributed by atoms with Crippen LogP contribution < -0.4 is 5.73 Å². The third-order valence-electron chi connectivity index (χ3n) is 2.25. The van der Waals surface area contributed by atoms with Crippen LogP contribution in [0.2, 0.25) is 0 Å². The molecule has 5 heteroatoms. The van der Waals surface area contributed by atoms with Crippen molar-refractivity contribution in [3.63, 3.8) is 0 Å². The summed E-state index contributed by atoms with van der Waals surface area (Å²) in [4.78, 5) is 17.3. The number of hydrogen-bond donors (Lipinski definition) is 1. The number of aliphatic imine (C=N–C) groups is 1. The Morgan fingerprint density at radius 1 is 1.50 bits per heavy atom. The molecule has 0 bridgehead atoms. The SMILES string of the molecule is CN(C(N)=NCC(=O)OC(C)(C)C)C1CC1. The maximum absolute atomic E-state index is 11.4. The summed E-state index contributed by atoms with van der Waals surface area (Å²) in [6.45, 7) is 5.47. The van der Waals surface area contributed by atoms with Gasteiger partial charge in [-0.25, -0.2) is 4.99 Å². The Hall–Kier alpha value is -1.26. The van der Waals surface area contributed by atoms with Crippen molar-refractivity contribution in [3.8, 4) is 0 Å². The third-order valence-corrected chi connectivity index (χ3v) is 2.25. The molecule has 1 aliphatic rings. The van der Waals surface area contributed by atoms with E-state index in [1.165, 1.54) is 0 Å². The molecule has 16 heavy (non-hydrogen) atoms. The molecule has 0 heterocycles. The Labute approximate surface area is 96.7 Å². The normalized spacial score (nSPS) is 17.1. The predicted molar refractivity (Wildman–Crippen MR) is 63.1 cm³/mol. The Bertz CT molecular complexity index is 290. The highest BCUT2D eigenvalue weighted by molar-refractivity contribution is 5.82. The van der Waals surface area contributed by atoms with Crippen LogP contribution in [0.1, 0.15) is 33.6 Å². The number of ether oxygens (including phenoxy) is 1. The minimum Gasteiger partial charge on any atom is -0.459 e. The summed E-state index contributed by atoms with van der Waals surface area (Å²) in [6, 6.07) is 0.502. The Morgan fingerprint density at radius 3 is 2.50 bits per heavy atom. The predicted octanol–water partition coefficient (Wildman–Crippen LogP) is 0.737. The second-order valence-corrected chi connectivity index (χ2v) is 5.10. The lowest BCUT2D eigenvalue weighted by Gasteiger charge is -2.20. The number of esters is 1. The van der Waals surface area contributed by atoms with Crippen molar-refractivity contribution in [2.75, 3.05) is 13.6 Å². The number of nitrogens with zero attached hydrogens (tertiary/aromatic N) is 2. The Kier molecular flexibility index (Phi) is 3.78. The van der Waals surface area contributed by atoms with Gasteiger partial charge < -0.3 is 15.4 Å². The third kappa shape index (κ3) is 4.51. The molecule has 0 spiro atoms. The minimum atomic E-state index is -0.468. The Balaban J connectivity index is 2.36. The molecule has 0 radical (unpaired) electrons. The van der Waals surface area contributed by atoms with Crippen LogP contribution in [0.5, 0.6) is 0 Å². The molecule has 2 N–H and O–H groups in total. The summed E-state index contributed by atoms with van der Waals surface area (Å²) >= 11 is 0. The summed E-state index contributed by atoms with van der Waals surface area (Å²) in [6.07, 6.45) is 2.30. The monoisotopic (exact) mass is 227 g/mol. The molecular formula is C11H21N3O2. The van der Waals surface area contributed by atoms with Crippen LogP contribution in [0.15, 0.2) is 4.99 Å². The first-order valence-corrected chi connectivity index (χ1v) is 5.54. The van der Waals surface area contributed by atoms with Gasteiger partial charge in [-0.05, 0) is 33.6 Å². The van der Waals surface area contributed by atoms with E-state index < -0.39 is 5.60 Å². The van der Waals surface area contributed by atoms with Gasteiger partial charge in [0.05, 0.1) is 0 Å². The van der Waals surface area contributed by atoms with Gasteiger partial charge in [0, 0.05) is 13.1 Å². The summed E-state index contributed by atoms with van der Waals surface area (Å²) in [5, 5.41) is 0. The van der Waals surface area contributed by atoms with Gasteiger partial charge in [0.15, 0.2) is 5.96 Å². The zero-order valence-electron chi connectivity index (χ0n) is 10.5. The van der Waals surface area contributed by atoms with E-state index in [4.69, 9.17) is 10.5 Å². The lowest BCUT2D eigenvalue weighted by Crippen LogP contribution is -2.36. The molecule has 1 rings (SSSR count). The van der Waals surface area contributed by atoms with Crippen LogP contribution in [-0.2, 0) is 9.53 Å². The van der Waals surface area contributed by atoms with Gasteiger partial charge in [0.25, 0.3) is 0 Å². The van der Waals surface area contributed by atoms with Crippen LogP contribution in [0.3, 0.4) is 0 Å². The van der Waals surface area contributed by atoms with Crippen molar-refractivity contribution in [2.45, 2.75) is 45.3 Å². The quantitative estimate of drug-likeness (QED) is 0.438. The molecule has 0 aromatic rings. The van der Waals surface area contributed by atoms with E-state index in [1.807, 2.05) is 32.7 Å². The Morgan fingerprint density at radius 2 is 2.06 bits per heavy atom. The average Bonchev–Trinajstić information content (AvgIpc) is 2.93. The maximum Gasteiger partial charge on any atom is 0.328 e. The standard InChI is InChI=1S/C11H21N3O2/c1-11(2,3)16-9(15)7-13-10(12)14(4)8-5-6-8/h8H,5-7H2,1-4H3,(H2,12,13). The zero-order valence-corrected chi connectivity index (χ0v) is 10.5. The van der Waals surface area contributed by atoms with Gasteiger partial charge in [0.2, 0.25) is 0 Å². The van der Waals surface area contributed by atoms with Gasteiger partial charge in [0.1, 0.15) is 12.1 Å². The van der Waals surface area contributed by atoms with E-state index in [9.17, 15) is 4.79 Å². The van der Waals surface area contributed by atoms with Crippen LogP contribution in [0.25, 0.3) is 0 Å². The van der Waals surface area contributed by atoms with Crippen LogP contribution in [-0.4, -0.2) is 42.1 Å². The van der Waals surface area contributed by atoms with Crippen molar-refractivity contribution in [2.24, 2.45) is 10.7 Å². The van der Waals surface area contributed by atoms with E-state index in [0.717, 1.165) is 12.8 Å². The molecule has 0 atom stereocenters. The van der Waals surface area contributed by atoms with Crippen molar-refractivity contribution in [3.05, 3.63) is 0 Å². The van der Waals surface area contributed by atoms with E-state index in [2.05, 4.69) is 4.99 Å². The highest BCUT2D eigenvalue weighted by Crippen LogP contribution is 2.24. The smallest absolute Gasteiger partial charge is 0.328 e. The zero-order chi connectivity index (χ0) is 12.3. The lowest BCUT2D eigenvalue weighted by atomic mass is 10.2. The molecule has 0 aromatic heterocycles. The van der Waals surface area contributed by atoms with E-state index in [1.54, 1.807) is 0 Å². The fourth-order valence-electron chi connectivity index (χ4n) is 1.28. The molecule has 1 aliphatic carbocycles. The van der Waals surface area contributed by atoms with Gasteiger partial charge in [-0.3, -0.25) is 4.79 Å². The number of rotatable bonds is 3. The van der Waals surface area contributed by atoms with Gasteiger partial charge in [-0.1, -0.05) is 0 Å². The highest BCUT2D eigenvalue weighted by atomic mass is 16.6. The second-order valence-electron chi connectivity index (χ2n) is 5.10. The average molecular weight is 227 g/mol. The van der Waals surface area contributed by atoms with Gasteiger partial charge in [-0.15, -0.1) is 0 Å². The molecule has 0 saturated heterocycles. The number of guanidine groups is 1. The molecule has 92 valence electrons. The van der Waals surface area contributed by atoms with Gasteiger partial charge >= 0.3 is 5.97 Å². The molecular weight excluding hydrogens is 206 g/mol. The lowest BCUT2D eigenvalue weighted by molar-refractivity contribution is -0.152. The first kappa shape index (κ1) is 12.8. The van der Waals surface area contributed by atoms with Crippen LogP contribution >= 0.6 is 0 Å². The number of carbonyl (C=O) groups is 1. The molecule has 0 aliphatic heterocycles. The summed E-state index contributed by atoms with van der Waals surface area (Å²) < 4.78 is 5.12. The van der Waals surface area contributed by atoms with E-state index in [-0.39, 0.29) is 12.5 Å². The van der Waals surface area contributed by atoms with E-state index >= 15 is 0 Å². The molecule has 0 unspecified atom stereocenters. The first-order chi connectivity index (χ1) is 7.29. The molecule has 0 aromatic carbocycles. The van der Waals surface area contributed by atoms with E-state index in [0.29, 0.717) is 12.0 Å². The fraction of sp³-hybridized carbons (Fsp3) is 0.818. The molecule has 1 fully saturated rings. The van der Waals surface area contributed by atoms with Crippen LogP contribution in [0, 0.1) is 0 Å². The number of carbonyl (C=O) groups excluding carboxylic acids is 1. The number of hydrogen-bond acceptors (Lipinski definition) is 3. The van der Waals surface area contributed by atoms with Crippen molar-refractivity contribution >= 4 is 11.9 Å². The minimum absolute atomic E-state index is 0.0137. The summed E-state index contributed by atoms with van der Waals surface area (Å²) in [5.41, 5.74) is 5.27. The second kappa shape index (κ2) is 4.72. The van der Waals surface area contributed by atoms with Crippen LogP contribution in [0.4, 0.5) is 0 Å². The summed E-state index contributed by atoms with van der Waals surface area (Å²) in [5.74, 6) is 0.0630. The van der Waals surface area contributed by atoms with Crippen molar-refractivity contribution in [1.82, 2.24) is 4.90 Å². The molecule has 5 nitrogen and oxygen atoms in total. The largest absolute Gasteiger partial charge is 0.459 e. The van der Waals surface area contributed by atoms with Crippen molar-refractivity contribution < 1.29 is 9.53 Å². The molecule has 1 saturated carbocycles. The number of nitrogens with two attached hydrogens (primary N) is 1. The summed E-state index contributed by atoms with van der Waals surface area (Å²) in [7, 11) is 1.89. The van der Waals surface area contributed by atoms with Gasteiger partial charge in [-0.2, -0.15) is 0 Å². The first-order valence-electron chi connectivity index (χ1n) is 5.54. The topological polar surface area (TPSA) is 67.9 Å². The fourth-order valence-corrected chi connectivity index (χ4v) is 1.28. The van der Waals surface area contributed by atoms with Crippen molar-refractivity contribution in [1.29, 1.82) is 0 Å². The molecule has 0 amide bonds.